The quantitative estimate of drug-likeness (QED) is 0.589. The average molecular weight is 201 g/mol. The van der Waals surface area contributed by atoms with E-state index in [2.05, 4.69) is 20.2 Å². The number of carbonyl (C=O) groups is 1. The van der Waals surface area contributed by atoms with Crippen molar-refractivity contribution in [1.82, 2.24) is 4.98 Å². The first kappa shape index (κ1) is 9.59. The molecule has 1 rings (SSSR count). The van der Waals surface area contributed by atoms with E-state index in [0.29, 0.717) is 10.8 Å². The third-order valence-electron chi connectivity index (χ3n) is 1.07. The number of rotatable bonds is 4. The molecule has 1 aromatic rings. The van der Waals surface area contributed by atoms with Crippen LogP contribution in [-0.2, 0) is 16.1 Å². The summed E-state index contributed by atoms with van der Waals surface area (Å²) in [6.07, 6.45) is -0.0901. The summed E-state index contributed by atoms with van der Waals surface area (Å²) in [5.74, 6) is -0.548. The molecule has 13 heavy (non-hydrogen) atoms. The summed E-state index contributed by atoms with van der Waals surface area (Å²) < 4.78 is 0. The smallest absolute Gasteiger partial charge is 0.310 e. The molecular weight excluding hydrogens is 194 g/mol. The molecule has 6 nitrogen and oxygen atoms in total. The van der Waals surface area contributed by atoms with Crippen LogP contribution in [0.15, 0.2) is 15.8 Å². The van der Waals surface area contributed by atoms with Gasteiger partial charge in [-0.2, -0.15) is 0 Å². The number of carboxylic acid groups (broad SMARTS) is 1. The normalized spacial score (nSPS) is 10.5. The van der Waals surface area contributed by atoms with Crippen molar-refractivity contribution in [3.63, 3.8) is 0 Å². The number of hydrogen-bond acceptors (Lipinski definition) is 6. The number of nitrogens with zero attached hydrogens (tertiary/aromatic N) is 3. The Morgan fingerprint density at radius 2 is 2.62 bits per heavy atom. The molecule has 0 aromatic carbocycles. The van der Waals surface area contributed by atoms with Crippen LogP contribution >= 0.6 is 11.3 Å². The Morgan fingerprint density at radius 3 is 3.23 bits per heavy atom. The predicted octanol–water partition coefficient (Wildman–Crippen LogP) is 1.42. The van der Waals surface area contributed by atoms with Gasteiger partial charge >= 0.3 is 5.97 Å². The van der Waals surface area contributed by atoms with Crippen molar-refractivity contribution in [2.75, 3.05) is 7.11 Å². The Kier molecular flexibility index (Phi) is 3.32. The molecule has 0 radical (unpaired) electrons. The molecule has 0 amide bonds. The van der Waals surface area contributed by atoms with Crippen LogP contribution in [0.2, 0.25) is 0 Å². The summed E-state index contributed by atoms with van der Waals surface area (Å²) >= 11 is 1.23. The van der Waals surface area contributed by atoms with Gasteiger partial charge in [-0.25, -0.2) is 4.98 Å². The minimum absolute atomic E-state index is 0.0901. The first-order chi connectivity index (χ1) is 6.22. The monoisotopic (exact) mass is 201 g/mol. The van der Waals surface area contributed by atoms with Crippen molar-refractivity contribution in [3.8, 4) is 0 Å². The largest absolute Gasteiger partial charge is 0.481 e. The summed E-state index contributed by atoms with van der Waals surface area (Å²) in [7, 11) is 1.37. The third kappa shape index (κ3) is 3.16. The molecule has 0 fully saturated rings. The standard InChI is InChI=1S/C6H7N3O3S/c1-12-9-8-4-3-13-5(7-4)2-6(10)11/h3H,2H2,1H3,(H,10,11). The molecule has 0 saturated heterocycles. The minimum atomic E-state index is -0.912. The fraction of sp³-hybridized carbons (Fsp3) is 0.333. The summed E-state index contributed by atoms with van der Waals surface area (Å²) in [6.45, 7) is 0. The molecule has 0 aliphatic rings. The van der Waals surface area contributed by atoms with E-state index in [-0.39, 0.29) is 6.42 Å². The lowest BCUT2D eigenvalue weighted by atomic mass is 10.5. The number of aromatic nitrogens is 1. The lowest BCUT2D eigenvalue weighted by molar-refractivity contribution is -0.136. The second kappa shape index (κ2) is 4.51. The number of hydrogen-bond donors (Lipinski definition) is 1. The molecule has 0 aliphatic heterocycles. The van der Waals surface area contributed by atoms with Gasteiger partial charge in [0.25, 0.3) is 0 Å². The summed E-state index contributed by atoms with van der Waals surface area (Å²) in [4.78, 5) is 18.5. The molecule has 0 spiro atoms. The SMILES string of the molecule is CON=Nc1csc(CC(=O)O)n1. The molecule has 0 atom stereocenters. The van der Waals surface area contributed by atoms with Gasteiger partial charge in [0.1, 0.15) is 12.1 Å². The van der Waals surface area contributed by atoms with Gasteiger partial charge in [-0.3, -0.25) is 4.79 Å². The van der Waals surface area contributed by atoms with Gasteiger partial charge in [-0.1, -0.05) is 5.11 Å². The molecule has 70 valence electrons. The van der Waals surface area contributed by atoms with Crippen LogP contribution < -0.4 is 0 Å². The predicted molar refractivity (Wildman–Crippen MR) is 45.0 cm³/mol. The van der Waals surface area contributed by atoms with Gasteiger partial charge in [0.15, 0.2) is 5.82 Å². The highest BCUT2D eigenvalue weighted by Crippen LogP contribution is 2.17. The first-order valence-electron chi connectivity index (χ1n) is 3.32. The lowest BCUT2D eigenvalue weighted by Gasteiger charge is -1.85. The number of aliphatic carboxylic acids is 1. The maximum absolute atomic E-state index is 10.3. The zero-order valence-electron chi connectivity index (χ0n) is 6.80. The van der Waals surface area contributed by atoms with E-state index in [1.165, 1.54) is 18.4 Å². The van der Waals surface area contributed by atoms with Crippen LogP contribution in [0.3, 0.4) is 0 Å². The molecular formula is C6H7N3O3S. The van der Waals surface area contributed by atoms with Crippen LogP contribution in [0.4, 0.5) is 5.82 Å². The van der Waals surface area contributed by atoms with Gasteiger partial charge in [0.2, 0.25) is 0 Å². The van der Waals surface area contributed by atoms with Crippen LogP contribution in [-0.4, -0.2) is 23.2 Å². The second-order valence-corrected chi connectivity index (χ2v) is 2.98. The molecule has 1 heterocycles. The van der Waals surface area contributed by atoms with Gasteiger partial charge in [0.05, 0.1) is 6.42 Å². The summed E-state index contributed by atoms with van der Waals surface area (Å²) in [5.41, 5.74) is 0. The van der Waals surface area contributed by atoms with E-state index >= 15 is 0 Å². The Bertz CT molecular complexity index is 323. The number of carboxylic acids is 1. The molecule has 7 heteroatoms. The Morgan fingerprint density at radius 1 is 1.85 bits per heavy atom. The highest BCUT2D eigenvalue weighted by Gasteiger charge is 2.05. The molecule has 0 unspecified atom stereocenters. The second-order valence-electron chi connectivity index (χ2n) is 2.03. The van der Waals surface area contributed by atoms with Crippen LogP contribution in [0, 0.1) is 0 Å². The average Bonchev–Trinajstić information content (AvgIpc) is 2.48. The van der Waals surface area contributed by atoms with Crippen molar-refractivity contribution in [2.24, 2.45) is 10.4 Å². The lowest BCUT2D eigenvalue weighted by Crippen LogP contribution is -1.98. The molecule has 0 bridgehead atoms. The Balaban J connectivity index is 2.63. The van der Waals surface area contributed by atoms with Crippen molar-refractivity contribution in [1.29, 1.82) is 0 Å². The Hall–Kier alpha value is -1.50. The Labute approximate surface area is 77.9 Å². The molecule has 1 N–H and O–H groups in total. The van der Waals surface area contributed by atoms with E-state index in [1.54, 1.807) is 5.38 Å². The van der Waals surface area contributed by atoms with E-state index in [9.17, 15) is 4.79 Å². The molecule has 0 aliphatic carbocycles. The zero-order valence-corrected chi connectivity index (χ0v) is 7.61. The van der Waals surface area contributed by atoms with E-state index < -0.39 is 5.97 Å². The fourth-order valence-electron chi connectivity index (χ4n) is 0.640. The van der Waals surface area contributed by atoms with Crippen molar-refractivity contribution >= 4 is 23.1 Å². The van der Waals surface area contributed by atoms with E-state index in [1.807, 2.05) is 0 Å². The maximum Gasteiger partial charge on any atom is 0.310 e. The fourth-order valence-corrected chi connectivity index (χ4v) is 1.33. The van der Waals surface area contributed by atoms with Crippen molar-refractivity contribution < 1.29 is 14.7 Å². The first-order valence-corrected chi connectivity index (χ1v) is 4.20. The van der Waals surface area contributed by atoms with Crippen LogP contribution in [0.1, 0.15) is 5.01 Å². The van der Waals surface area contributed by atoms with Gasteiger partial charge in [-0.05, 0) is 0 Å². The van der Waals surface area contributed by atoms with Gasteiger partial charge in [0, 0.05) is 10.7 Å². The van der Waals surface area contributed by atoms with Crippen molar-refractivity contribution in [3.05, 3.63) is 10.4 Å². The topological polar surface area (TPSA) is 84.1 Å². The summed E-state index contributed by atoms with van der Waals surface area (Å²) in [6, 6.07) is 0. The molecule has 0 saturated carbocycles. The van der Waals surface area contributed by atoms with Crippen LogP contribution in [0.25, 0.3) is 0 Å². The molecule has 1 aromatic heterocycles. The minimum Gasteiger partial charge on any atom is -0.481 e. The zero-order chi connectivity index (χ0) is 9.68. The third-order valence-corrected chi connectivity index (χ3v) is 1.90. The highest BCUT2D eigenvalue weighted by molar-refractivity contribution is 7.10. The summed E-state index contributed by atoms with van der Waals surface area (Å²) in [5, 5.41) is 17.4. The maximum atomic E-state index is 10.3. The van der Waals surface area contributed by atoms with Gasteiger partial charge in [-0.15, -0.1) is 11.3 Å². The van der Waals surface area contributed by atoms with E-state index in [0.717, 1.165) is 0 Å². The van der Waals surface area contributed by atoms with Crippen LogP contribution in [0.5, 0.6) is 0 Å². The highest BCUT2D eigenvalue weighted by atomic mass is 32.1. The van der Waals surface area contributed by atoms with E-state index in [4.69, 9.17) is 5.11 Å². The van der Waals surface area contributed by atoms with Crippen molar-refractivity contribution in [2.45, 2.75) is 6.42 Å². The number of thiazole rings is 1. The van der Waals surface area contributed by atoms with Gasteiger partial charge < -0.3 is 9.94 Å².